The van der Waals surface area contributed by atoms with Crippen LogP contribution in [0.5, 0.6) is 5.75 Å². The van der Waals surface area contributed by atoms with E-state index in [1.165, 1.54) is 12.3 Å². The number of likely N-dealkylation sites (N-methyl/N-ethyl adjacent to an activating group) is 1. The molecule has 1 atom stereocenters. The number of halogens is 1. The number of hydrogen-bond acceptors (Lipinski definition) is 3. The molecule has 0 aliphatic heterocycles. The number of nitrogens with one attached hydrogen (secondary N) is 1. The normalized spacial score (nSPS) is 12.3. The van der Waals surface area contributed by atoms with Crippen LogP contribution in [0.2, 0.25) is 0 Å². The fourth-order valence-electron chi connectivity index (χ4n) is 2.04. The summed E-state index contributed by atoms with van der Waals surface area (Å²) in [5.74, 6) is -0.0869. The number of phenols is 1. The molecule has 0 fully saturated rings. The second kappa shape index (κ2) is 6.29. The van der Waals surface area contributed by atoms with Gasteiger partial charge in [-0.05, 0) is 42.8 Å². The van der Waals surface area contributed by atoms with Gasteiger partial charge >= 0.3 is 0 Å². The van der Waals surface area contributed by atoms with E-state index in [0.717, 1.165) is 17.8 Å². The molecular formula is C15H17FN2O. The maximum absolute atomic E-state index is 12.9. The first-order valence-corrected chi connectivity index (χ1v) is 6.31. The molecule has 1 heterocycles. The molecule has 0 saturated heterocycles. The van der Waals surface area contributed by atoms with Crippen LogP contribution in [0, 0.1) is 5.82 Å². The molecule has 2 aromatic rings. The third kappa shape index (κ3) is 3.76. The van der Waals surface area contributed by atoms with Crippen molar-refractivity contribution in [3.05, 3.63) is 59.7 Å². The van der Waals surface area contributed by atoms with Gasteiger partial charge in [0.1, 0.15) is 11.6 Å². The highest BCUT2D eigenvalue weighted by Gasteiger charge is 2.12. The number of rotatable bonds is 5. The van der Waals surface area contributed by atoms with Gasteiger partial charge in [-0.15, -0.1) is 0 Å². The zero-order valence-corrected chi connectivity index (χ0v) is 10.8. The third-order valence-electron chi connectivity index (χ3n) is 2.91. The highest BCUT2D eigenvalue weighted by atomic mass is 19.1. The van der Waals surface area contributed by atoms with Gasteiger partial charge in [0.05, 0.1) is 17.9 Å². The first kappa shape index (κ1) is 13.5. The number of phenolic OH excluding ortho intramolecular Hbond substituents is 1. The molecule has 2 rings (SSSR count). The minimum atomic E-state index is -0.337. The standard InChI is InChI=1S/C15H17FN2O/c1-2-17-15(14-7-6-12(16)10-18-14)9-11-4-3-5-13(19)8-11/h3-8,10,15,17,19H,2,9H2,1H3. The van der Waals surface area contributed by atoms with Gasteiger partial charge in [-0.3, -0.25) is 4.98 Å². The van der Waals surface area contributed by atoms with Crippen LogP contribution in [0.1, 0.15) is 24.2 Å². The van der Waals surface area contributed by atoms with E-state index in [1.807, 2.05) is 19.1 Å². The van der Waals surface area contributed by atoms with E-state index < -0.39 is 0 Å². The summed E-state index contributed by atoms with van der Waals surface area (Å²) in [6.45, 7) is 2.81. The van der Waals surface area contributed by atoms with Crippen molar-refractivity contribution in [1.82, 2.24) is 10.3 Å². The van der Waals surface area contributed by atoms with Crippen molar-refractivity contribution in [2.45, 2.75) is 19.4 Å². The van der Waals surface area contributed by atoms with Crippen LogP contribution in [0.4, 0.5) is 4.39 Å². The Bertz CT molecular complexity index is 528. The van der Waals surface area contributed by atoms with Gasteiger partial charge in [-0.25, -0.2) is 4.39 Å². The van der Waals surface area contributed by atoms with Gasteiger partial charge in [-0.1, -0.05) is 19.1 Å². The SMILES string of the molecule is CCNC(Cc1cccc(O)c1)c1ccc(F)cn1. The summed E-state index contributed by atoms with van der Waals surface area (Å²) >= 11 is 0. The molecule has 1 aromatic heterocycles. The Morgan fingerprint density at radius 2 is 2.16 bits per heavy atom. The van der Waals surface area contributed by atoms with Gasteiger partial charge in [0.25, 0.3) is 0 Å². The van der Waals surface area contributed by atoms with Crippen LogP contribution >= 0.6 is 0 Å². The fourth-order valence-corrected chi connectivity index (χ4v) is 2.04. The van der Waals surface area contributed by atoms with Gasteiger partial charge in [0.2, 0.25) is 0 Å². The molecule has 1 unspecified atom stereocenters. The lowest BCUT2D eigenvalue weighted by Gasteiger charge is -2.17. The lowest BCUT2D eigenvalue weighted by molar-refractivity contribution is 0.473. The maximum atomic E-state index is 12.9. The van der Waals surface area contributed by atoms with Crippen molar-refractivity contribution < 1.29 is 9.50 Å². The summed E-state index contributed by atoms with van der Waals surface area (Å²) in [5.41, 5.74) is 1.81. The van der Waals surface area contributed by atoms with E-state index in [4.69, 9.17) is 0 Å². The Balaban J connectivity index is 2.18. The molecule has 0 saturated carbocycles. The van der Waals surface area contributed by atoms with Crippen LogP contribution in [-0.4, -0.2) is 16.6 Å². The van der Waals surface area contributed by atoms with E-state index in [-0.39, 0.29) is 17.6 Å². The Hall–Kier alpha value is -1.94. The lowest BCUT2D eigenvalue weighted by Crippen LogP contribution is -2.23. The molecule has 3 nitrogen and oxygen atoms in total. The summed E-state index contributed by atoms with van der Waals surface area (Å²) in [7, 11) is 0. The van der Waals surface area contributed by atoms with Gasteiger partial charge < -0.3 is 10.4 Å². The number of nitrogens with zero attached hydrogens (tertiary/aromatic N) is 1. The molecule has 4 heteroatoms. The molecule has 0 amide bonds. The summed E-state index contributed by atoms with van der Waals surface area (Å²) in [5, 5.41) is 12.8. The number of pyridine rings is 1. The lowest BCUT2D eigenvalue weighted by atomic mass is 10.0. The van der Waals surface area contributed by atoms with Crippen molar-refractivity contribution in [2.75, 3.05) is 6.54 Å². The topological polar surface area (TPSA) is 45.1 Å². The number of aromatic hydroxyl groups is 1. The van der Waals surface area contributed by atoms with Crippen molar-refractivity contribution in [3.8, 4) is 5.75 Å². The predicted octanol–water partition coefficient (Wildman–Crippen LogP) is 2.82. The average molecular weight is 260 g/mol. The van der Waals surface area contributed by atoms with E-state index >= 15 is 0 Å². The largest absolute Gasteiger partial charge is 0.508 e. The highest BCUT2D eigenvalue weighted by Crippen LogP contribution is 2.19. The molecular weight excluding hydrogens is 243 g/mol. The summed E-state index contributed by atoms with van der Waals surface area (Å²) in [6, 6.07) is 10.2. The Kier molecular flexibility index (Phi) is 4.47. The fraction of sp³-hybridized carbons (Fsp3) is 0.267. The molecule has 0 aliphatic rings. The molecule has 0 radical (unpaired) electrons. The Morgan fingerprint density at radius 1 is 1.32 bits per heavy atom. The zero-order valence-electron chi connectivity index (χ0n) is 10.8. The molecule has 0 bridgehead atoms. The molecule has 100 valence electrons. The third-order valence-corrected chi connectivity index (χ3v) is 2.91. The molecule has 1 aromatic carbocycles. The van der Waals surface area contributed by atoms with Crippen LogP contribution in [0.3, 0.4) is 0 Å². The van der Waals surface area contributed by atoms with Crippen LogP contribution < -0.4 is 5.32 Å². The Labute approximate surface area is 112 Å². The van der Waals surface area contributed by atoms with Crippen LogP contribution in [-0.2, 0) is 6.42 Å². The van der Waals surface area contributed by atoms with Crippen molar-refractivity contribution in [1.29, 1.82) is 0 Å². The smallest absolute Gasteiger partial charge is 0.141 e. The molecule has 19 heavy (non-hydrogen) atoms. The second-order valence-electron chi connectivity index (χ2n) is 4.39. The van der Waals surface area contributed by atoms with Crippen molar-refractivity contribution in [3.63, 3.8) is 0 Å². The monoisotopic (exact) mass is 260 g/mol. The average Bonchev–Trinajstić information content (AvgIpc) is 2.39. The summed E-state index contributed by atoms with van der Waals surface area (Å²) in [4.78, 5) is 4.12. The minimum Gasteiger partial charge on any atom is -0.508 e. The number of benzene rings is 1. The van der Waals surface area contributed by atoms with E-state index in [2.05, 4.69) is 10.3 Å². The minimum absolute atomic E-state index is 0.00685. The first-order chi connectivity index (χ1) is 9.19. The van der Waals surface area contributed by atoms with Crippen molar-refractivity contribution in [2.24, 2.45) is 0 Å². The van der Waals surface area contributed by atoms with Gasteiger partial charge in [0.15, 0.2) is 0 Å². The summed E-state index contributed by atoms with van der Waals surface area (Å²) < 4.78 is 12.9. The quantitative estimate of drug-likeness (QED) is 0.869. The van der Waals surface area contributed by atoms with Crippen LogP contribution in [0.25, 0.3) is 0 Å². The molecule has 0 aliphatic carbocycles. The maximum Gasteiger partial charge on any atom is 0.141 e. The van der Waals surface area contributed by atoms with Crippen molar-refractivity contribution >= 4 is 0 Å². The molecule has 0 spiro atoms. The number of aromatic nitrogens is 1. The van der Waals surface area contributed by atoms with Crippen LogP contribution in [0.15, 0.2) is 42.6 Å². The van der Waals surface area contributed by atoms with Gasteiger partial charge in [0, 0.05) is 0 Å². The van der Waals surface area contributed by atoms with E-state index in [0.29, 0.717) is 6.42 Å². The zero-order chi connectivity index (χ0) is 13.7. The first-order valence-electron chi connectivity index (χ1n) is 6.31. The second-order valence-corrected chi connectivity index (χ2v) is 4.39. The number of hydrogen-bond donors (Lipinski definition) is 2. The summed E-state index contributed by atoms with van der Waals surface area (Å²) in [6.07, 6.45) is 1.92. The predicted molar refractivity (Wildman–Crippen MR) is 72.4 cm³/mol. The van der Waals surface area contributed by atoms with Gasteiger partial charge in [-0.2, -0.15) is 0 Å². The Morgan fingerprint density at radius 3 is 2.79 bits per heavy atom. The highest BCUT2D eigenvalue weighted by molar-refractivity contribution is 5.28. The van der Waals surface area contributed by atoms with E-state index in [9.17, 15) is 9.50 Å². The molecule has 2 N–H and O–H groups in total. The van der Waals surface area contributed by atoms with E-state index in [1.54, 1.807) is 18.2 Å².